The van der Waals surface area contributed by atoms with Crippen LogP contribution in [0, 0.1) is 10.1 Å². The van der Waals surface area contributed by atoms with Crippen LogP contribution in [0.3, 0.4) is 0 Å². The summed E-state index contributed by atoms with van der Waals surface area (Å²) in [5.41, 5.74) is 1.42. The largest absolute Gasteiger partial charge is 0.349 e. The van der Waals surface area contributed by atoms with Gasteiger partial charge in [-0.15, -0.1) is 11.3 Å². The second kappa shape index (κ2) is 5.20. The van der Waals surface area contributed by atoms with E-state index in [4.69, 9.17) is 0 Å². The Labute approximate surface area is 121 Å². The van der Waals surface area contributed by atoms with Gasteiger partial charge in [-0.3, -0.25) is 10.1 Å². The molecule has 0 aromatic carbocycles. The van der Waals surface area contributed by atoms with Crippen LogP contribution < -0.4 is 4.90 Å². The lowest BCUT2D eigenvalue weighted by molar-refractivity contribution is -0.385. The molecule has 0 bridgehead atoms. The Morgan fingerprint density at radius 1 is 1.50 bits per heavy atom. The van der Waals surface area contributed by atoms with E-state index in [0.717, 1.165) is 25.2 Å². The highest BCUT2D eigenvalue weighted by atomic mass is 32.1. The fourth-order valence-electron chi connectivity index (χ4n) is 2.77. The zero-order chi connectivity index (χ0) is 14.1. The summed E-state index contributed by atoms with van der Waals surface area (Å²) in [4.78, 5) is 18.2. The number of hydrogen-bond donors (Lipinski definition) is 0. The van der Waals surface area contributed by atoms with Crippen LogP contribution in [0.15, 0.2) is 29.8 Å². The Morgan fingerprint density at radius 3 is 3.00 bits per heavy atom. The Morgan fingerprint density at radius 2 is 2.35 bits per heavy atom. The number of nitrogens with zero attached hydrogens (tertiary/aromatic N) is 3. The van der Waals surface area contributed by atoms with Crippen molar-refractivity contribution in [3.05, 3.63) is 50.3 Å². The molecule has 0 saturated carbocycles. The van der Waals surface area contributed by atoms with Crippen molar-refractivity contribution in [1.29, 1.82) is 0 Å². The van der Waals surface area contributed by atoms with Crippen LogP contribution in [0.1, 0.15) is 29.8 Å². The molecule has 0 N–H and O–H groups in total. The fraction of sp³-hybridized carbons (Fsp3) is 0.357. The van der Waals surface area contributed by atoms with E-state index >= 15 is 0 Å². The van der Waals surface area contributed by atoms with Crippen LogP contribution in [-0.2, 0) is 6.42 Å². The number of thiophene rings is 1. The van der Waals surface area contributed by atoms with Gasteiger partial charge in [0, 0.05) is 17.5 Å². The number of fused-ring (bicyclic) bond motifs is 1. The van der Waals surface area contributed by atoms with Gasteiger partial charge in [-0.2, -0.15) is 0 Å². The molecule has 1 aliphatic heterocycles. The van der Waals surface area contributed by atoms with Crippen LogP contribution in [0.4, 0.5) is 11.5 Å². The summed E-state index contributed by atoms with van der Waals surface area (Å²) in [7, 11) is 0. The fourth-order valence-corrected chi connectivity index (χ4v) is 3.70. The second-order valence-electron chi connectivity index (χ2n) is 4.80. The molecule has 0 amide bonds. The first-order valence-corrected chi connectivity index (χ1v) is 7.52. The Kier molecular flexibility index (Phi) is 3.40. The maximum Gasteiger partial charge on any atom is 0.287 e. The minimum absolute atomic E-state index is 0.0371. The van der Waals surface area contributed by atoms with Gasteiger partial charge in [0.2, 0.25) is 0 Å². The summed E-state index contributed by atoms with van der Waals surface area (Å²) in [6.07, 6.45) is 3.36. The van der Waals surface area contributed by atoms with Gasteiger partial charge >= 0.3 is 0 Å². The van der Waals surface area contributed by atoms with Crippen LogP contribution >= 0.6 is 11.3 Å². The average Bonchev–Trinajstić information content (AvgIpc) is 2.94. The summed E-state index contributed by atoms with van der Waals surface area (Å²) >= 11 is 1.81. The summed E-state index contributed by atoms with van der Waals surface area (Å²) in [5, 5.41) is 12.8. The molecule has 3 rings (SSSR count). The molecule has 1 unspecified atom stereocenters. The van der Waals surface area contributed by atoms with Crippen molar-refractivity contribution >= 4 is 22.8 Å². The molecular weight excluding hydrogens is 274 g/mol. The van der Waals surface area contributed by atoms with Crippen LogP contribution in [0.2, 0.25) is 0 Å². The number of anilines is 1. The van der Waals surface area contributed by atoms with Crippen LogP contribution in [-0.4, -0.2) is 16.5 Å². The molecule has 5 nitrogen and oxygen atoms in total. The molecule has 6 heteroatoms. The van der Waals surface area contributed by atoms with Crippen molar-refractivity contribution in [3.8, 4) is 0 Å². The SMILES string of the molecule is CCC1c2ccsc2CCN1c1ccc([N+](=O)[O-])cn1. The van der Waals surface area contributed by atoms with Crippen molar-refractivity contribution < 1.29 is 4.92 Å². The minimum Gasteiger partial charge on any atom is -0.349 e. The van der Waals surface area contributed by atoms with E-state index in [-0.39, 0.29) is 5.69 Å². The van der Waals surface area contributed by atoms with E-state index in [9.17, 15) is 10.1 Å². The zero-order valence-corrected chi connectivity index (χ0v) is 12.0. The lowest BCUT2D eigenvalue weighted by Crippen LogP contribution is -2.34. The third-order valence-electron chi connectivity index (χ3n) is 3.72. The molecule has 1 aliphatic rings. The highest BCUT2D eigenvalue weighted by Gasteiger charge is 2.27. The number of nitro groups is 1. The van der Waals surface area contributed by atoms with Gasteiger partial charge in [-0.25, -0.2) is 4.98 Å². The predicted molar refractivity (Wildman–Crippen MR) is 79.3 cm³/mol. The first-order chi connectivity index (χ1) is 9.70. The van der Waals surface area contributed by atoms with Crippen molar-refractivity contribution in [2.75, 3.05) is 11.4 Å². The molecule has 2 aromatic heterocycles. The molecule has 0 radical (unpaired) electrons. The van der Waals surface area contributed by atoms with E-state index < -0.39 is 4.92 Å². The average molecular weight is 289 g/mol. The molecule has 104 valence electrons. The van der Waals surface area contributed by atoms with Gasteiger partial charge in [0.05, 0.1) is 11.0 Å². The minimum atomic E-state index is -0.415. The van der Waals surface area contributed by atoms with Crippen LogP contribution in [0.5, 0.6) is 0 Å². The van der Waals surface area contributed by atoms with Gasteiger partial charge in [0.25, 0.3) is 5.69 Å². The summed E-state index contributed by atoms with van der Waals surface area (Å²) in [6, 6.07) is 5.78. The van der Waals surface area contributed by atoms with Gasteiger partial charge in [-0.05, 0) is 35.9 Å². The third kappa shape index (κ3) is 2.16. The second-order valence-corrected chi connectivity index (χ2v) is 5.80. The summed E-state index contributed by atoms with van der Waals surface area (Å²) < 4.78 is 0. The van der Waals surface area contributed by atoms with Gasteiger partial charge < -0.3 is 4.90 Å². The zero-order valence-electron chi connectivity index (χ0n) is 11.2. The van der Waals surface area contributed by atoms with E-state index in [2.05, 4.69) is 28.3 Å². The van der Waals surface area contributed by atoms with Gasteiger partial charge in [0.15, 0.2) is 0 Å². The predicted octanol–water partition coefficient (Wildman–Crippen LogP) is 3.57. The van der Waals surface area contributed by atoms with E-state index in [1.54, 1.807) is 6.07 Å². The van der Waals surface area contributed by atoms with Crippen LogP contribution in [0.25, 0.3) is 0 Å². The maximum absolute atomic E-state index is 10.7. The number of rotatable bonds is 3. The van der Waals surface area contributed by atoms with Gasteiger partial charge in [-0.1, -0.05) is 6.92 Å². The van der Waals surface area contributed by atoms with Gasteiger partial charge in [0.1, 0.15) is 12.0 Å². The molecule has 1 atom stereocenters. The monoisotopic (exact) mass is 289 g/mol. The standard InChI is InChI=1S/C14H15N3O2S/c1-2-12-11-6-8-20-13(11)5-7-16(12)14-4-3-10(9-15-14)17(18)19/h3-4,6,8-9,12H,2,5,7H2,1H3. The normalized spacial score (nSPS) is 17.9. The third-order valence-corrected chi connectivity index (χ3v) is 4.72. The first kappa shape index (κ1) is 13.1. The molecule has 0 saturated heterocycles. The number of aromatic nitrogens is 1. The molecular formula is C14H15N3O2S. The first-order valence-electron chi connectivity index (χ1n) is 6.64. The molecule has 0 fully saturated rings. The van der Waals surface area contributed by atoms with Crippen molar-refractivity contribution in [3.63, 3.8) is 0 Å². The number of pyridine rings is 1. The topological polar surface area (TPSA) is 59.3 Å². The van der Waals surface area contributed by atoms with E-state index in [1.807, 2.05) is 11.3 Å². The molecule has 2 aromatic rings. The molecule has 20 heavy (non-hydrogen) atoms. The number of hydrogen-bond acceptors (Lipinski definition) is 5. The Hall–Kier alpha value is -1.95. The Bertz CT molecular complexity index is 624. The molecule has 3 heterocycles. The molecule has 0 spiro atoms. The smallest absolute Gasteiger partial charge is 0.287 e. The highest BCUT2D eigenvalue weighted by molar-refractivity contribution is 7.10. The van der Waals surface area contributed by atoms with E-state index in [0.29, 0.717) is 6.04 Å². The van der Waals surface area contributed by atoms with Crippen molar-refractivity contribution in [2.24, 2.45) is 0 Å². The van der Waals surface area contributed by atoms with Crippen molar-refractivity contribution in [2.45, 2.75) is 25.8 Å². The summed E-state index contributed by atoms with van der Waals surface area (Å²) in [5.74, 6) is 0.819. The lowest BCUT2D eigenvalue weighted by Gasteiger charge is -2.36. The van der Waals surface area contributed by atoms with E-state index in [1.165, 1.54) is 22.7 Å². The molecule has 0 aliphatic carbocycles. The Balaban J connectivity index is 1.92. The van der Waals surface area contributed by atoms with Crippen molar-refractivity contribution in [1.82, 2.24) is 4.98 Å². The lowest BCUT2D eigenvalue weighted by atomic mass is 9.98. The highest BCUT2D eigenvalue weighted by Crippen LogP contribution is 2.37. The maximum atomic E-state index is 10.7. The quantitative estimate of drug-likeness (QED) is 0.640. The summed E-state index contributed by atoms with van der Waals surface area (Å²) in [6.45, 7) is 3.08.